The van der Waals surface area contributed by atoms with E-state index in [1.807, 2.05) is 0 Å². The summed E-state index contributed by atoms with van der Waals surface area (Å²) in [6, 6.07) is 0. The average molecular weight is 1340 g/mol. The van der Waals surface area contributed by atoms with E-state index in [0.717, 1.165) is 102 Å². The van der Waals surface area contributed by atoms with Crippen LogP contribution in [0.5, 0.6) is 0 Å². The molecule has 0 saturated heterocycles. The summed E-state index contributed by atoms with van der Waals surface area (Å²) in [6.45, 7) is 7.26. The van der Waals surface area contributed by atoms with Crippen molar-refractivity contribution in [1.29, 1.82) is 0 Å². The van der Waals surface area contributed by atoms with Crippen LogP contribution in [0.3, 0.4) is 0 Å². The molecule has 0 bridgehead atoms. The van der Waals surface area contributed by atoms with Crippen LogP contribution in [0.1, 0.15) is 375 Å². The van der Waals surface area contributed by atoms with E-state index in [2.05, 4.69) is 34.6 Å². The van der Waals surface area contributed by atoms with Crippen molar-refractivity contribution in [3.8, 4) is 0 Å². The molecule has 0 radical (unpaired) electrons. The molecule has 0 saturated carbocycles. The van der Waals surface area contributed by atoms with Crippen LogP contribution in [0.15, 0.2) is 0 Å². The Morgan fingerprint density at radius 2 is 0.505 bits per heavy atom. The molecule has 0 aromatic rings. The fraction of sp³-hybridized carbons (Fsp3) is 0.944. The molecule has 0 amide bonds. The molecule has 0 rings (SSSR count). The first-order valence-electron chi connectivity index (χ1n) is 37.6. The van der Waals surface area contributed by atoms with Gasteiger partial charge in [0.2, 0.25) is 0 Å². The third kappa shape index (κ3) is 66.5. The number of phosphoric acid groups is 2. The van der Waals surface area contributed by atoms with Crippen molar-refractivity contribution in [2.75, 3.05) is 39.6 Å². The second kappa shape index (κ2) is 65.4. The molecule has 540 valence electrons. The van der Waals surface area contributed by atoms with Crippen molar-refractivity contribution in [2.45, 2.75) is 393 Å². The predicted molar refractivity (Wildman–Crippen MR) is 368 cm³/mol. The molecule has 0 aromatic heterocycles. The van der Waals surface area contributed by atoms with Crippen LogP contribution in [-0.4, -0.2) is 96.7 Å². The molecule has 5 atom stereocenters. The zero-order chi connectivity index (χ0) is 67.0. The van der Waals surface area contributed by atoms with E-state index in [1.54, 1.807) is 0 Å². The number of aliphatic hydroxyl groups excluding tert-OH is 1. The van der Waals surface area contributed by atoms with Gasteiger partial charge < -0.3 is 33.8 Å². The third-order valence-corrected chi connectivity index (χ3v) is 18.7. The number of rotatable bonds is 72. The summed E-state index contributed by atoms with van der Waals surface area (Å²) in [6.07, 6.45) is 52.7. The van der Waals surface area contributed by atoms with Gasteiger partial charge in [-0.05, 0) is 31.6 Å². The highest BCUT2D eigenvalue weighted by Crippen LogP contribution is 2.45. The standard InChI is InChI=1S/C72H140O17P2/c1-6-9-12-15-18-21-23-24-29-33-36-41-46-51-56-70(75)83-62-68(89-72(77)58-53-48-43-38-34-30-27-25-26-28-32-35-39-44-49-54-65(4)5)64-87-91(80,81)85-60-66(73)59-84-90(78,79)86-63-67(61-82-69(74)55-50-45-40-20-17-14-11-8-3)88-71(76)57-52-47-42-37-31-22-19-16-13-10-7-2/h65-68,73H,6-64H2,1-5H3,(H,78,79)(H,80,81)/t66-,67+,68+/m0/s1. The molecule has 19 heteroatoms. The topological polar surface area (TPSA) is 237 Å². The number of ether oxygens (including phenoxy) is 4. The molecule has 0 heterocycles. The number of hydrogen-bond donors (Lipinski definition) is 3. The number of carbonyl (C=O) groups excluding carboxylic acids is 4. The molecule has 0 aliphatic rings. The summed E-state index contributed by atoms with van der Waals surface area (Å²) in [4.78, 5) is 72.5. The SMILES string of the molecule is CCCCCCCCCCCCCCCCC(=O)OC[C@H](COP(=O)(O)OC[C@@H](O)COP(=O)(O)OC[C@@H](COC(=O)CCCCCCCCCC)OC(=O)CCCCCCCCCCCCC)OC(=O)CCCCCCCCCCCCCCCCCC(C)C. The van der Waals surface area contributed by atoms with E-state index in [9.17, 15) is 43.2 Å². The Labute approximate surface area is 556 Å². The van der Waals surface area contributed by atoms with Crippen LogP contribution in [0.2, 0.25) is 0 Å². The van der Waals surface area contributed by atoms with Gasteiger partial charge in [0.1, 0.15) is 19.3 Å². The molecular weight excluding hydrogens is 1200 g/mol. The summed E-state index contributed by atoms with van der Waals surface area (Å²) in [5, 5.41) is 10.6. The minimum absolute atomic E-state index is 0.107. The first-order valence-corrected chi connectivity index (χ1v) is 40.6. The van der Waals surface area contributed by atoms with Gasteiger partial charge in [-0.15, -0.1) is 0 Å². The van der Waals surface area contributed by atoms with Gasteiger partial charge in [-0.25, -0.2) is 9.13 Å². The smallest absolute Gasteiger partial charge is 0.462 e. The van der Waals surface area contributed by atoms with Crippen molar-refractivity contribution in [3.63, 3.8) is 0 Å². The maximum absolute atomic E-state index is 13.0. The highest BCUT2D eigenvalue weighted by Gasteiger charge is 2.30. The lowest BCUT2D eigenvalue weighted by atomic mass is 10.0. The number of hydrogen-bond acceptors (Lipinski definition) is 15. The van der Waals surface area contributed by atoms with E-state index >= 15 is 0 Å². The van der Waals surface area contributed by atoms with Crippen LogP contribution >= 0.6 is 15.6 Å². The largest absolute Gasteiger partial charge is 0.472 e. The van der Waals surface area contributed by atoms with E-state index in [0.29, 0.717) is 25.7 Å². The molecular formula is C72H140O17P2. The van der Waals surface area contributed by atoms with Gasteiger partial charge in [-0.2, -0.15) is 0 Å². The molecule has 0 fully saturated rings. The zero-order valence-corrected chi connectivity index (χ0v) is 60.8. The number of carbonyl (C=O) groups is 4. The Bertz CT molecular complexity index is 1750. The van der Waals surface area contributed by atoms with Crippen LogP contribution in [0.25, 0.3) is 0 Å². The van der Waals surface area contributed by atoms with E-state index in [-0.39, 0.29) is 25.7 Å². The van der Waals surface area contributed by atoms with Gasteiger partial charge in [-0.1, -0.05) is 324 Å². The molecule has 17 nitrogen and oxygen atoms in total. The van der Waals surface area contributed by atoms with E-state index in [1.165, 1.54) is 193 Å². The average Bonchev–Trinajstić information content (AvgIpc) is 3.31. The Morgan fingerprint density at radius 3 is 0.747 bits per heavy atom. The minimum atomic E-state index is -4.95. The van der Waals surface area contributed by atoms with Gasteiger partial charge in [-0.3, -0.25) is 37.3 Å². The Morgan fingerprint density at radius 1 is 0.297 bits per heavy atom. The Hall–Kier alpha value is -1.94. The number of esters is 4. The lowest BCUT2D eigenvalue weighted by molar-refractivity contribution is -0.161. The second-order valence-electron chi connectivity index (χ2n) is 26.5. The first-order chi connectivity index (χ1) is 44.0. The maximum Gasteiger partial charge on any atom is 0.472 e. The zero-order valence-electron chi connectivity index (χ0n) is 59.0. The van der Waals surface area contributed by atoms with Gasteiger partial charge in [0.15, 0.2) is 12.2 Å². The first kappa shape index (κ1) is 89.1. The maximum atomic E-state index is 13.0. The number of aliphatic hydroxyl groups is 1. The lowest BCUT2D eigenvalue weighted by Gasteiger charge is -2.21. The molecule has 2 unspecified atom stereocenters. The fourth-order valence-corrected chi connectivity index (χ4v) is 12.6. The molecule has 0 spiro atoms. The second-order valence-corrected chi connectivity index (χ2v) is 29.4. The quantitative estimate of drug-likeness (QED) is 0.0222. The van der Waals surface area contributed by atoms with Crippen LogP contribution in [0.4, 0.5) is 0 Å². The van der Waals surface area contributed by atoms with Crippen molar-refractivity contribution < 1.29 is 80.2 Å². The highest BCUT2D eigenvalue weighted by molar-refractivity contribution is 7.47. The van der Waals surface area contributed by atoms with Crippen molar-refractivity contribution in [1.82, 2.24) is 0 Å². The summed E-state index contributed by atoms with van der Waals surface area (Å²) in [5.74, 6) is -1.32. The normalized spacial score (nSPS) is 14.0. The van der Waals surface area contributed by atoms with Gasteiger partial charge >= 0.3 is 39.5 Å². The molecule has 0 aromatic carbocycles. The number of phosphoric ester groups is 2. The molecule has 0 aliphatic heterocycles. The summed E-state index contributed by atoms with van der Waals surface area (Å²) in [5.41, 5.74) is 0. The monoisotopic (exact) mass is 1340 g/mol. The minimum Gasteiger partial charge on any atom is -0.462 e. The summed E-state index contributed by atoms with van der Waals surface area (Å²) in [7, 11) is -9.90. The molecule has 3 N–H and O–H groups in total. The molecule has 0 aliphatic carbocycles. The van der Waals surface area contributed by atoms with E-state index in [4.69, 9.17) is 37.0 Å². The van der Waals surface area contributed by atoms with Gasteiger partial charge in [0, 0.05) is 25.7 Å². The summed E-state index contributed by atoms with van der Waals surface area (Å²) < 4.78 is 68.3. The Kier molecular flexibility index (Phi) is 64.0. The van der Waals surface area contributed by atoms with Crippen LogP contribution in [0, 0.1) is 5.92 Å². The van der Waals surface area contributed by atoms with Crippen LogP contribution < -0.4 is 0 Å². The van der Waals surface area contributed by atoms with Crippen molar-refractivity contribution in [2.24, 2.45) is 5.92 Å². The van der Waals surface area contributed by atoms with Crippen molar-refractivity contribution in [3.05, 3.63) is 0 Å². The van der Waals surface area contributed by atoms with Crippen molar-refractivity contribution >= 4 is 39.5 Å². The highest BCUT2D eigenvalue weighted by atomic mass is 31.2. The number of unbranched alkanes of at least 4 members (excludes halogenated alkanes) is 44. The third-order valence-electron chi connectivity index (χ3n) is 16.8. The van der Waals surface area contributed by atoms with Crippen LogP contribution in [-0.2, 0) is 65.4 Å². The van der Waals surface area contributed by atoms with Gasteiger partial charge in [0.05, 0.1) is 26.4 Å². The van der Waals surface area contributed by atoms with Gasteiger partial charge in [0.25, 0.3) is 0 Å². The lowest BCUT2D eigenvalue weighted by Crippen LogP contribution is -2.30. The summed E-state index contributed by atoms with van der Waals surface area (Å²) >= 11 is 0. The predicted octanol–water partition coefficient (Wildman–Crippen LogP) is 20.9. The molecule has 91 heavy (non-hydrogen) atoms. The Balaban J connectivity index is 5.20. The fourth-order valence-electron chi connectivity index (χ4n) is 11.0. The van der Waals surface area contributed by atoms with E-state index < -0.39 is 97.5 Å².